The minimum atomic E-state index is -1.44. The first-order valence-electron chi connectivity index (χ1n) is 19.5. The van der Waals surface area contributed by atoms with Gasteiger partial charge in [-0.3, -0.25) is 39.1 Å². The minimum absolute atomic E-state index is 0.0436. The zero-order valence-electron chi connectivity index (χ0n) is 32.8. The van der Waals surface area contributed by atoms with Crippen LogP contribution in [-0.4, -0.2) is 109 Å². The number of hydrogen-bond acceptors (Lipinski definition) is 10. The number of carbonyl (C=O) groups excluding carboxylic acids is 5. The van der Waals surface area contributed by atoms with Crippen molar-refractivity contribution in [2.24, 2.45) is 10.8 Å². The molecule has 5 amide bonds. The lowest BCUT2D eigenvalue weighted by Gasteiger charge is -2.63. The smallest absolute Gasteiger partial charge is 0.262 e. The summed E-state index contributed by atoms with van der Waals surface area (Å²) in [6.45, 7) is 11.6. The van der Waals surface area contributed by atoms with Crippen LogP contribution in [0.25, 0.3) is 0 Å². The monoisotopic (exact) mass is 809 g/mol. The molecule has 1 aliphatic carbocycles. The van der Waals surface area contributed by atoms with Crippen LogP contribution in [0, 0.1) is 22.2 Å². The molecule has 0 aromatic heterocycles. The molecule has 3 aromatic rings. The Morgan fingerprint density at radius 3 is 2.19 bits per heavy atom. The molecule has 2 N–H and O–H groups in total. The van der Waals surface area contributed by atoms with Gasteiger partial charge in [-0.2, -0.15) is 5.26 Å². The number of hydrogen-bond donors (Lipinski definition) is 2. The molecule has 5 aliphatic rings. The molecule has 8 rings (SSSR count). The Hall–Kier alpha value is -5.52. The highest BCUT2D eigenvalue weighted by atomic mass is 35.5. The number of nitriles is 1. The maximum absolute atomic E-state index is 16.0. The fraction of sp³-hybridized carbons (Fsp3) is 0.442. The summed E-state index contributed by atoms with van der Waals surface area (Å²) in [6.07, 6.45) is -0.0879. The van der Waals surface area contributed by atoms with Crippen molar-refractivity contribution < 1.29 is 33.1 Å². The number of piperidine rings is 1. The summed E-state index contributed by atoms with van der Waals surface area (Å²) in [7, 11) is 0. The van der Waals surface area contributed by atoms with E-state index in [0.717, 1.165) is 10.6 Å². The number of nitrogens with zero attached hydrogens (tertiary/aromatic N) is 5. The lowest BCUT2D eigenvalue weighted by molar-refractivity contribution is -0.164. The molecule has 1 atom stereocenters. The Kier molecular flexibility index (Phi) is 9.75. The number of nitrogens with one attached hydrogen (secondary N) is 2. The van der Waals surface area contributed by atoms with Gasteiger partial charge in [0.1, 0.15) is 24.0 Å². The predicted octanol–water partition coefficient (Wildman–Crippen LogP) is 4.58. The Labute approximate surface area is 341 Å². The van der Waals surface area contributed by atoms with Gasteiger partial charge < -0.3 is 19.9 Å². The van der Waals surface area contributed by atoms with Crippen molar-refractivity contribution in [2.45, 2.75) is 64.4 Å². The zero-order chi connectivity index (χ0) is 41.3. The van der Waals surface area contributed by atoms with E-state index < -0.39 is 35.3 Å². The number of imide groups is 2. The Bertz CT molecular complexity index is 2250. The highest BCUT2D eigenvalue weighted by molar-refractivity contribution is 6.31. The number of anilines is 2. The third-order valence-electron chi connectivity index (χ3n) is 12.5. The van der Waals surface area contributed by atoms with Gasteiger partial charge in [0.25, 0.3) is 17.7 Å². The standard InChI is InChI=1S/C43H45ClFN7O6/c1-41(2)39(42(3,4)40(41)58-29-11-7-26(21-46)32(44)20-29)48-35(54)25-5-8-27(9-6-25)50-17-15-49(16-18-50)22-43(45)23-51(24-43)28-10-12-30-31(19-28)38(57)52(37(30)56)33-13-14-34(53)47-36(33)55/h5-12,19-20,33,39-40H,13-18,22-24H2,1-4H3,(H,48,54)(H,47,53,55). The van der Waals surface area contributed by atoms with Gasteiger partial charge in [-0.15, -0.1) is 0 Å². The lowest BCUT2D eigenvalue weighted by atomic mass is 9.49. The van der Waals surface area contributed by atoms with Crippen LogP contribution in [0.15, 0.2) is 60.7 Å². The summed E-state index contributed by atoms with van der Waals surface area (Å²) < 4.78 is 22.3. The fourth-order valence-electron chi connectivity index (χ4n) is 9.77. The topological polar surface area (TPSA) is 155 Å². The molecule has 13 nitrogen and oxygen atoms in total. The van der Waals surface area contributed by atoms with E-state index in [2.05, 4.69) is 54.2 Å². The first kappa shape index (κ1) is 39.3. The van der Waals surface area contributed by atoms with E-state index in [0.29, 0.717) is 53.8 Å². The summed E-state index contributed by atoms with van der Waals surface area (Å²) >= 11 is 6.24. The van der Waals surface area contributed by atoms with Crippen molar-refractivity contribution in [3.05, 3.63) is 87.9 Å². The number of fused-ring (bicyclic) bond motifs is 1. The number of piperazine rings is 1. The Morgan fingerprint density at radius 2 is 1.55 bits per heavy atom. The van der Waals surface area contributed by atoms with E-state index in [1.165, 1.54) is 0 Å². The zero-order valence-corrected chi connectivity index (χ0v) is 33.6. The third kappa shape index (κ3) is 6.83. The van der Waals surface area contributed by atoms with E-state index in [4.69, 9.17) is 16.3 Å². The maximum atomic E-state index is 16.0. The first-order valence-corrected chi connectivity index (χ1v) is 19.9. The molecule has 4 fully saturated rings. The molecule has 4 heterocycles. The van der Waals surface area contributed by atoms with Gasteiger partial charge in [0, 0.05) is 79.0 Å². The normalized spacial score (nSPS) is 24.6. The molecule has 0 spiro atoms. The number of carbonyl (C=O) groups is 5. The third-order valence-corrected chi connectivity index (χ3v) is 12.9. The number of alkyl halides is 1. The highest BCUT2D eigenvalue weighted by Crippen LogP contribution is 2.55. The molecule has 4 aliphatic heterocycles. The van der Waals surface area contributed by atoms with Crippen molar-refractivity contribution in [3.63, 3.8) is 0 Å². The Morgan fingerprint density at radius 1 is 0.897 bits per heavy atom. The predicted molar refractivity (Wildman–Crippen MR) is 214 cm³/mol. The van der Waals surface area contributed by atoms with Gasteiger partial charge >= 0.3 is 0 Å². The molecule has 3 saturated heterocycles. The average Bonchev–Trinajstić information content (AvgIpc) is 3.43. The molecule has 1 unspecified atom stereocenters. The SMILES string of the molecule is CC1(C)C(NC(=O)c2ccc(N3CCN(CC4(F)CN(c5ccc6c(c5)C(=O)N(C5CCC(=O)NC5=O)C6=O)C4)CC3)cc2)C(C)(C)C1Oc1ccc(C#N)c(Cl)c1. The van der Waals surface area contributed by atoms with E-state index >= 15 is 4.39 Å². The minimum Gasteiger partial charge on any atom is -0.489 e. The van der Waals surface area contributed by atoms with Crippen molar-refractivity contribution in [3.8, 4) is 11.8 Å². The molecule has 1 saturated carbocycles. The van der Waals surface area contributed by atoms with E-state index in [1.807, 2.05) is 29.2 Å². The molecular weight excluding hydrogens is 765 g/mol. The second-order valence-corrected chi connectivity index (χ2v) is 17.7. The quantitative estimate of drug-likeness (QED) is 0.294. The summed E-state index contributed by atoms with van der Waals surface area (Å²) in [5, 5.41) is 15.0. The van der Waals surface area contributed by atoms with Crippen molar-refractivity contribution in [2.75, 3.05) is 55.6 Å². The van der Waals surface area contributed by atoms with Crippen molar-refractivity contribution >= 4 is 52.5 Å². The number of amides is 5. The van der Waals surface area contributed by atoms with E-state index in [9.17, 15) is 29.2 Å². The number of benzene rings is 3. The summed E-state index contributed by atoms with van der Waals surface area (Å²) in [5.74, 6) is -1.85. The van der Waals surface area contributed by atoms with Gasteiger partial charge in [-0.1, -0.05) is 39.3 Å². The number of halogens is 2. The maximum Gasteiger partial charge on any atom is 0.262 e. The summed E-state index contributed by atoms with van der Waals surface area (Å²) in [5.41, 5.74) is 0.698. The Balaban J connectivity index is 0.809. The number of rotatable bonds is 9. The van der Waals surface area contributed by atoms with Crippen LogP contribution < -0.4 is 25.2 Å². The summed E-state index contributed by atoms with van der Waals surface area (Å²) in [6, 6.07) is 18.3. The molecule has 58 heavy (non-hydrogen) atoms. The average molecular weight is 810 g/mol. The van der Waals surface area contributed by atoms with Crippen LogP contribution in [0.3, 0.4) is 0 Å². The van der Waals surface area contributed by atoms with Gasteiger partial charge in [0.2, 0.25) is 11.8 Å². The van der Waals surface area contributed by atoms with Gasteiger partial charge in [-0.05, 0) is 61.0 Å². The molecule has 302 valence electrons. The fourth-order valence-corrected chi connectivity index (χ4v) is 9.99. The number of ether oxygens (including phenoxy) is 1. The lowest BCUT2D eigenvalue weighted by Crippen LogP contribution is -2.74. The highest BCUT2D eigenvalue weighted by Gasteiger charge is 2.64. The van der Waals surface area contributed by atoms with Crippen LogP contribution >= 0.6 is 11.6 Å². The molecular formula is C43H45ClFN7O6. The van der Waals surface area contributed by atoms with Crippen LogP contribution in [0.5, 0.6) is 5.75 Å². The van der Waals surface area contributed by atoms with Crippen LogP contribution in [0.4, 0.5) is 15.8 Å². The van der Waals surface area contributed by atoms with Crippen LogP contribution in [0.2, 0.25) is 5.02 Å². The first-order chi connectivity index (χ1) is 27.5. The van der Waals surface area contributed by atoms with E-state index in [-0.39, 0.29) is 72.5 Å². The van der Waals surface area contributed by atoms with Crippen LogP contribution in [0.1, 0.15) is 77.2 Å². The molecule has 0 bridgehead atoms. The van der Waals surface area contributed by atoms with Gasteiger partial charge in [0.05, 0.1) is 34.8 Å². The van der Waals surface area contributed by atoms with Gasteiger partial charge in [-0.25, -0.2) is 4.39 Å². The largest absolute Gasteiger partial charge is 0.489 e. The second kappa shape index (κ2) is 14.4. The molecule has 15 heteroatoms. The molecule has 3 aromatic carbocycles. The van der Waals surface area contributed by atoms with Crippen molar-refractivity contribution in [1.29, 1.82) is 5.26 Å². The van der Waals surface area contributed by atoms with Crippen molar-refractivity contribution in [1.82, 2.24) is 20.4 Å². The second-order valence-electron chi connectivity index (χ2n) is 17.3. The van der Waals surface area contributed by atoms with E-state index in [1.54, 1.807) is 36.4 Å². The van der Waals surface area contributed by atoms with Crippen LogP contribution in [-0.2, 0) is 9.59 Å². The van der Waals surface area contributed by atoms with Gasteiger partial charge in [0.15, 0.2) is 5.67 Å². The summed E-state index contributed by atoms with van der Waals surface area (Å²) in [4.78, 5) is 70.9. The molecule has 0 radical (unpaired) electrons.